The van der Waals surface area contributed by atoms with Gasteiger partial charge in [-0.05, 0) is 35.9 Å². The third-order valence-corrected chi connectivity index (χ3v) is 3.48. The van der Waals surface area contributed by atoms with Crippen molar-refractivity contribution in [2.24, 2.45) is 10.9 Å². The van der Waals surface area contributed by atoms with Crippen LogP contribution >= 0.6 is 0 Å². The number of nitrogens with zero attached hydrogens (tertiary/aromatic N) is 3. The van der Waals surface area contributed by atoms with E-state index in [1.54, 1.807) is 25.6 Å². The van der Waals surface area contributed by atoms with Gasteiger partial charge in [0.15, 0.2) is 17.5 Å². The van der Waals surface area contributed by atoms with Crippen molar-refractivity contribution in [2.75, 3.05) is 7.11 Å². The van der Waals surface area contributed by atoms with Gasteiger partial charge in [0.05, 0.1) is 19.7 Å². The van der Waals surface area contributed by atoms with Gasteiger partial charge in [0.2, 0.25) is 0 Å². The van der Waals surface area contributed by atoms with Crippen LogP contribution < -0.4 is 10.5 Å². The van der Waals surface area contributed by atoms with Gasteiger partial charge in [0, 0.05) is 11.8 Å². The van der Waals surface area contributed by atoms with Gasteiger partial charge in [-0.25, -0.2) is 4.98 Å². The Morgan fingerprint density at radius 2 is 1.96 bits per heavy atom. The first-order valence-electron chi connectivity index (χ1n) is 7.21. The van der Waals surface area contributed by atoms with Crippen LogP contribution in [0.5, 0.6) is 5.75 Å². The van der Waals surface area contributed by atoms with Gasteiger partial charge in [-0.3, -0.25) is 4.98 Å². The van der Waals surface area contributed by atoms with Crippen molar-refractivity contribution in [3.63, 3.8) is 0 Å². The molecule has 0 saturated carbocycles. The van der Waals surface area contributed by atoms with Gasteiger partial charge >= 0.3 is 0 Å². The van der Waals surface area contributed by atoms with Crippen LogP contribution in [-0.2, 0) is 6.42 Å². The Kier molecular flexibility index (Phi) is 4.42. The second-order valence-electron chi connectivity index (χ2n) is 5.06. The van der Waals surface area contributed by atoms with E-state index in [2.05, 4.69) is 15.1 Å². The van der Waals surface area contributed by atoms with E-state index in [0.717, 1.165) is 16.9 Å². The molecule has 1 aromatic carbocycles. The highest BCUT2D eigenvalue weighted by atomic mass is 16.5. The standard InChI is InChI=1S/C17H16N4O3/c1-23-13-5-3-12(4-6-13)15-10-20-16(24-15)8-11-2-7-14(19-9-11)17(18)21-22/h2-7,9-10,22H,8H2,1H3,(H2,18,21). The Hall–Kier alpha value is -3.35. The summed E-state index contributed by atoms with van der Waals surface area (Å²) in [6.45, 7) is 0. The molecule has 0 amide bonds. The smallest absolute Gasteiger partial charge is 0.199 e. The Morgan fingerprint density at radius 1 is 1.17 bits per heavy atom. The third kappa shape index (κ3) is 3.35. The molecule has 0 fully saturated rings. The van der Waals surface area contributed by atoms with Crippen molar-refractivity contribution < 1.29 is 14.4 Å². The number of hydrogen-bond acceptors (Lipinski definition) is 6. The third-order valence-electron chi connectivity index (χ3n) is 3.48. The SMILES string of the molecule is COc1ccc(-c2cnc(Cc3ccc(/C(N)=N/O)nc3)o2)cc1. The van der Waals surface area contributed by atoms with Crippen molar-refractivity contribution in [1.82, 2.24) is 9.97 Å². The molecule has 24 heavy (non-hydrogen) atoms. The summed E-state index contributed by atoms with van der Waals surface area (Å²) in [5, 5.41) is 11.5. The summed E-state index contributed by atoms with van der Waals surface area (Å²) in [6, 6.07) is 11.1. The number of hydrogen-bond donors (Lipinski definition) is 2. The maximum atomic E-state index is 8.63. The molecule has 2 heterocycles. The van der Waals surface area contributed by atoms with Crippen molar-refractivity contribution in [3.8, 4) is 17.1 Å². The van der Waals surface area contributed by atoms with Gasteiger partial charge in [-0.2, -0.15) is 0 Å². The molecule has 2 aromatic heterocycles. The largest absolute Gasteiger partial charge is 0.497 e. The molecule has 3 aromatic rings. The van der Waals surface area contributed by atoms with Crippen molar-refractivity contribution in [1.29, 1.82) is 0 Å². The molecule has 7 heteroatoms. The number of nitrogens with two attached hydrogens (primary N) is 1. The van der Waals surface area contributed by atoms with Crippen molar-refractivity contribution >= 4 is 5.84 Å². The molecule has 0 spiro atoms. The van der Waals surface area contributed by atoms with Crippen LogP contribution in [-0.4, -0.2) is 28.1 Å². The lowest BCUT2D eigenvalue weighted by molar-refractivity contribution is 0.318. The summed E-state index contributed by atoms with van der Waals surface area (Å²) in [4.78, 5) is 8.42. The average molecular weight is 324 g/mol. The summed E-state index contributed by atoms with van der Waals surface area (Å²) in [6.07, 6.45) is 3.83. The minimum atomic E-state index is -0.0283. The average Bonchev–Trinajstić information content (AvgIpc) is 3.10. The number of oxazole rings is 1. The molecule has 3 N–H and O–H groups in total. The van der Waals surface area contributed by atoms with E-state index in [9.17, 15) is 0 Å². The predicted octanol–water partition coefficient (Wildman–Crippen LogP) is 2.43. The molecule has 3 rings (SSSR count). The molecule has 7 nitrogen and oxygen atoms in total. The fourth-order valence-corrected chi connectivity index (χ4v) is 2.19. The Balaban J connectivity index is 1.73. The molecule has 0 atom stereocenters. The molecular weight excluding hydrogens is 308 g/mol. The Bertz CT molecular complexity index is 839. The lowest BCUT2D eigenvalue weighted by atomic mass is 10.2. The topological polar surface area (TPSA) is 107 Å². The quantitative estimate of drug-likeness (QED) is 0.323. The first-order chi connectivity index (χ1) is 11.7. The van der Waals surface area contributed by atoms with Crippen molar-refractivity contribution in [3.05, 3.63) is 65.9 Å². The van der Waals surface area contributed by atoms with Gasteiger partial charge in [0.25, 0.3) is 0 Å². The molecule has 0 unspecified atom stereocenters. The molecule has 0 radical (unpaired) electrons. The number of oxime groups is 1. The first-order valence-corrected chi connectivity index (χ1v) is 7.21. The zero-order valence-corrected chi connectivity index (χ0v) is 13.0. The Labute approximate surface area is 138 Å². The summed E-state index contributed by atoms with van der Waals surface area (Å²) in [7, 11) is 1.63. The highest BCUT2D eigenvalue weighted by Gasteiger charge is 2.08. The summed E-state index contributed by atoms with van der Waals surface area (Å²) in [5.74, 6) is 2.03. The van der Waals surface area contributed by atoms with E-state index in [-0.39, 0.29) is 5.84 Å². The van der Waals surface area contributed by atoms with E-state index in [1.807, 2.05) is 30.3 Å². The minimum Gasteiger partial charge on any atom is -0.497 e. The normalized spacial score (nSPS) is 11.5. The van der Waals surface area contributed by atoms with Crippen LogP contribution in [0.3, 0.4) is 0 Å². The highest BCUT2D eigenvalue weighted by Crippen LogP contribution is 2.23. The van der Waals surface area contributed by atoms with Gasteiger partial charge in [-0.15, -0.1) is 0 Å². The van der Waals surface area contributed by atoms with E-state index < -0.39 is 0 Å². The molecule has 0 aliphatic carbocycles. The van der Waals surface area contributed by atoms with Crippen LogP contribution in [0, 0.1) is 0 Å². The van der Waals surface area contributed by atoms with Crippen LogP contribution in [0.1, 0.15) is 17.1 Å². The lowest BCUT2D eigenvalue weighted by Crippen LogP contribution is -2.14. The van der Waals surface area contributed by atoms with Crippen molar-refractivity contribution in [2.45, 2.75) is 6.42 Å². The zero-order chi connectivity index (χ0) is 16.9. The molecule has 122 valence electrons. The van der Waals surface area contributed by atoms with E-state index in [4.69, 9.17) is 20.1 Å². The van der Waals surface area contributed by atoms with Gasteiger partial charge < -0.3 is 20.1 Å². The lowest BCUT2D eigenvalue weighted by Gasteiger charge is -2.01. The molecule has 0 aliphatic rings. The predicted molar refractivity (Wildman–Crippen MR) is 88.0 cm³/mol. The number of ether oxygens (including phenoxy) is 1. The maximum absolute atomic E-state index is 8.63. The summed E-state index contributed by atoms with van der Waals surface area (Å²) < 4.78 is 10.9. The summed E-state index contributed by atoms with van der Waals surface area (Å²) in [5.41, 5.74) is 7.73. The zero-order valence-electron chi connectivity index (χ0n) is 13.0. The molecule has 0 saturated heterocycles. The minimum absolute atomic E-state index is 0.0283. The Morgan fingerprint density at radius 3 is 2.58 bits per heavy atom. The molecule has 0 bridgehead atoms. The van der Waals surface area contributed by atoms with Gasteiger partial charge in [0.1, 0.15) is 11.4 Å². The molecule has 0 aliphatic heterocycles. The fraction of sp³-hybridized carbons (Fsp3) is 0.118. The number of benzene rings is 1. The second-order valence-corrected chi connectivity index (χ2v) is 5.06. The number of pyridine rings is 1. The number of rotatable bonds is 5. The van der Waals surface area contributed by atoms with E-state index >= 15 is 0 Å². The first kappa shape index (κ1) is 15.5. The van der Waals surface area contributed by atoms with Crippen LogP contribution in [0.15, 0.2) is 58.4 Å². The fourth-order valence-electron chi connectivity index (χ4n) is 2.19. The second kappa shape index (κ2) is 6.82. The highest BCUT2D eigenvalue weighted by molar-refractivity contribution is 5.95. The maximum Gasteiger partial charge on any atom is 0.199 e. The van der Waals surface area contributed by atoms with E-state index in [0.29, 0.717) is 23.8 Å². The number of aromatic nitrogens is 2. The van der Waals surface area contributed by atoms with Crippen LogP contribution in [0.25, 0.3) is 11.3 Å². The number of methoxy groups -OCH3 is 1. The van der Waals surface area contributed by atoms with Crippen LogP contribution in [0.2, 0.25) is 0 Å². The monoisotopic (exact) mass is 324 g/mol. The van der Waals surface area contributed by atoms with Crippen LogP contribution in [0.4, 0.5) is 0 Å². The number of amidine groups is 1. The summed E-state index contributed by atoms with van der Waals surface area (Å²) >= 11 is 0. The molecular formula is C17H16N4O3. The van der Waals surface area contributed by atoms with Gasteiger partial charge in [-0.1, -0.05) is 11.2 Å². The van der Waals surface area contributed by atoms with E-state index in [1.165, 1.54) is 0 Å².